The molecule has 3 rings (SSSR count). The number of ether oxygens (including phenoxy) is 1. The van der Waals surface area contributed by atoms with E-state index >= 15 is 0 Å². The van der Waals surface area contributed by atoms with E-state index in [0.717, 1.165) is 42.2 Å². The van der Waals surface area contributed by atoms with Gasteiger partial charge in [0.25, 0.3) is 0 Å². The molecule has 0 aliphatic heterocycles. The zero-order valence-corrected chi connectivity index (χ0v) is 11.4. The van der Waals surface area contributed by atoms with E-state index in [1.807, 2.05) is 24.4 Å². The van der Waals surface area contributed by atoms with Gasteiger partial charge in [-0.2, -0.15) is 0 Å². The third-order valence-corrected chi connectivity index (χ3v) is 4.12. The summed E-state index contributed by atoms with van der Waals surface area (Å²) in [5.41, 5.74) is 5.91. The lowest BCUT2D eigenvalue weighted by Crippen LogP contribution is -2.31. The maximum atomic E-state index is 6.41. The van der Waals surface area contributed by atoms with Gasteiger partial charge in [-0.3, -0.25) is 4.98 Å². The number of nitrogens with zero attached hydrogens (tertiary/aromatic N) is 1. The molecular weight excluding hydrogens is 260 g/mol. The first-order valence-electron chi connectivity index (χ1n) is 6.68. The van der Waals surface area contributed by atoms with E-state index in [1.165, 1.54) is 0 Å². The predicted octanol–water partition coefficient (Wildman–Crippen LogP) is 3.54. The second kappa shape index (κ2) is 5.35. The van der Waals surface area contributed by atoms with E-state index in [4.69, 9.17) is 22.1 Å². The molecule has 2 N–H and O–H groups in total. The molecule has 0 saturated heterocycles. The fourth-order valence-corrected chi connectivity index (χ4v) is 2.87. The number of halogens is 1. The minimum absolute atomic E-state index is 0.233. The summed E-state index contributed by atoms with van der Waals surface area (Å²) in [5.74, 6) is 0.765. The second-order valence-electron chi connectivity index (χ2n) is 5.13. The number of hydrogen-bond donors (Lipinski definition) is 1. The van der Waals surface area contributed by atoms with Crippen LogP contribution in [0.15, 0.2) is 30.6 Å². The van der Waals surface area contributed by atoms with Gasteiger partial charge in [0.15, 0.2) is 0 Å². The van der Waals surface area contributed by atoms with Crippen molar-refractivity contribution in [2.45, 2.75) is 37.8 Å². The van der Waals surface area contributed by atoms with Crippen LogP contribution in [0.4, 0.5) is 0 Å². The molecule has 0 atom stereocenters. The summed E-state index contributed by atoms with van der Waals surface area (Å²) in [6.07, 6.45) is 7.86. The third-order valence-electron chi connectivity index (χ3n) is 3.73. The molecule has 0 spiro atoms. The third kappa shape index (κ3) is 2.67. The maximum Gasteiger partial charge on any atom is 0.138 e. The minimum Gasteiger partial charge on any atom is -0.489 e. The summed E-state index contributed by atoms with van der Waals surface area (Å²) in [6, 6.07) is 6.18. The van der Waals surface area contributed by atoms with Crippen LogP contribution in [-0.4, -0.2) is 17.1 Å². The number of hydrogen-bond acceptors (Lipinski definition) is 3. The van der Waals surface area contributed by atoms with Gasteiger partial charge >= 0.3 is 0 Å². The van der Waals surface area contributed by atoms with Gasteiger partial charge in [-0.15, -0.1) is 0 Å². The van der Waals surface area contributed by atoms with Crippen molar-refractivity contribution in [1.82, 2.24) is 4.98 Å². The Morgan fingerprint density at radius 3 is 2.74 bits per heavy atom. The molecule has 1 heterocycles. The van der Waals surface area contributed by atoms with Crippen LogP contribution in [0, 0.1) is 0 Å². The Bertz CT molecular complexity index is 579. The van der Waals surface area contributed by atoms with Crippen molar-refractivity contribution in [3.63, 3.8) is 0 Å². The first kappa shape index (κ1) is 12.7. The van der Waals surface area contributed by atoms with Crippen LogP contribution in [-0.2, 0) is 0 Å². The Kier molecular flexibility index (Phi) is 3.58. The van der Waals surface area contributed by atoms with Gasteiger partial charge < -0.3 is 10.5 Å². The van der Waals surface area contributed by atoms with Crippen molar-refractivity contribution in [2.24, 2.45) is 5.73 Å². The van der Waals surface area contributed by atoms with Gasteiger partial charge in [-0.25, -0.2) is 0 Å². The highest BCUT2D eigenvalue weighted by molar-refractivity contribution is 6.37. The highest BCUT2D eigenvalue weighted by Crippen LogP contribution is 2.34. The standard InChI is InChI=1S/C15H17ClN2O/c16-15-13-7-8-18-9-10(13)1-6-14(15)19-12-4-2-11(17)3-5-12/h1,6-9,11-12H,2-5,17H2/t11-,12+. The van der Waals surface area contributed by atoms with E-state index in [2.05, 4.69) is 4.98 Å². The average molecular weight is 277 g/mol. The van der Waals surface area contributed by atoms with Crippen LogP contribution < -0.4 is 10.5 Å². The van der Waals surface area contributed by atoms with E-state index in [1.54, 1.807) is 6.20 Å². The number of pyridine rings is 1. The summed E-state index contributed by atoms with van der Waals surface area (Å²) < 4.78 is 6.03. The van der Waals surface area contributed by atoms with Gasteiger partial charge in [0, 0.05) is 29.2 Å². The molecule has 19 heavy (non-hydrogen) atoms. The fourth-order valence-electron chi connectivity index (χ4n) is 2.59. The van der Waals surface area contributed by atoms with Crippen molar-refractivity contribution in [3.8, 4) is 5.75 Å². The molecular formula is C15H17ClN2O. The van der Waals surface area contributed by atoms with Crippen molar-refractivity contribution < 1.29 is 4.74 Å². The lowest BCUT2D eigenvalue weighted by atomic mass is 9.94. The van der Waals surface area contributed by atoms with Gasteiger partial charge in [-0.1, -0.05) is 11.6 Å². The summed E-state index contributed by atoms with van der Waals surface area (Å²) >= 11 is 6.41. The topological polar surface area (TPSA) is 48.1 Å². The van der Waals surface area contributed by atoms with Crippen LogP contribution >= 0.6 is 11.6 Å². The molecule has 1 fully saturated rings. The highest BCUT2D eigenvalue weighted by atomic mass is 35.5. The predicted molar refractivity (Wildman–Crippen MR) is 77.6 cm³/mol. The van der Waals surface area contributed by atoms with E-state index < -0.39 is 0 Å². The molecule has 0 bridgehead atoms. The lowest BCUT2D eigenvalue weighted by molar-refractivity contribution is 0.147. The smallest absolute Gasteiger partial charge is 0.138 e. The second-order valence-corrected chi connectivity index (χ2v) is 5.51. The number of nitrogens with two attached hydrogens (primary N) is 1. The fraction of sp³-hybridized carbons (Fsp3) is 0.400. The number of fused-ring (bicyclic) bond motifs is 1. The van der Waals surface area contributed by atoms with Gasteiger partial charge in [0.05, 0.1) is 11.1 Å². The van der Waals surface area contributed by atoms with E-state index in [-0.39, 0.29) is 6.10 Å². The van der Waals surface area contributed by atoms with Crippen LogP contribution in [0.1, 0.15) is 25.7 Å². The molecule has 0 radical (unpaired) electrons. The zero-order valence-electron chi connectivity index (χ0n) is 10.7. The quantitative estimate of drug-likeness (QED) is 0.913. The van der Waals surface area contributed by atoms with Crippen LogP contribution in [0.3, 0.4) is 0 Å². The SMILES string of the molecule is N[C@H]1CC[C@@H](Oc2ccc3cnccc3c2Cl)CC1. The van der Waals surface area contributed by atoms with Crippen molar-refractivity contribution in [3.05, 3.63) is 35.6 Å². The monoisotopic (exact) mass is 276 g/mol. The molecule has 0 amide bonds. The molecule has 3 nitrogen and oxygen atoms in total. The Hall–Kier alpha value is -1.32. The molecule has 1 aliphatic rings. The molecule has 4 heteroatoms. The highest BCUT2D eigenvalue weighted by Gasteiger charge is 2.20. The van der Waals surface area contributed by atoms with Gasteiger partial charge in [-0.05, 0) is 43.9 Å². The lowest BCUT2D eigenvalue weighted by Gasteiger charge is -2.27. The maximum absolute atomic E-state index is 6.41. The number of aromatic nitrogens is 1. The summed E-state index contributed by atoms with van der Waals surface area (Å²) in [7, 11) is 0. The van der Waals surface area contributed by atoms with Crippen LogP contribution in [0.2, 0.25) is 5.02 Å². The average Bonchev–Trinajstić information content (AvgIpc) is 2.45. The van der Waals surface area contributed by atoms with Gasteiger partial charge in [0.2, 0.25) is 0 Å². The molecule has 1 saturated carbocycles. The van der Waals surface area contributed by atoms with E-state index in [0.29, 0.717) is 11.1 Å². The largest absolute Gasteiger partial charge is 0.489 e. The van der Waals surface area contributed by atoms with E-state index in [9.17, 15) is 0 Å². The Morgan fingerprint density at radius 2 is 1.95 bits per heavy atom. The molecule has 1 aromatic heterocycles. The zero-order chi connectivity index (χ0) is 13.2. The summed E-state index contributed by atoms with van der Waals surface area (Å²) in [4.78, 5) is 4.09. The molecule has 1 aliphatic carbocycles. The first-order chi connectivity index (χ1) is 9.24. The van der Waals surface area contributed by atoms with Crippen molar-refractivity contribution in [1.29, 1.82) is 0 Å². The normalized spacial score (nSPS) is 23.5. The minimum atomic E-state index is 0.233. The van der Waals surface area contributed by atoms with Crippen molar-refractivity contribution >= 4 is 22.4 Å². The molecule has 0 unspecified atom stereocenters. The van der Waals surface area contributed by atoms with Crippen molar-refractivity contribution in [2.75, 3.05) is 0 Å². The Morgan fingerprint density at radius 1 is 1.16 bits per heavy atom. The number of benzene rings is 1. The van der Waals surface area contributed by atoms with Crippen LogP contribution in [0.5, 0.6) is 5.75 Å². The van der Waals surface area contributed by atoms with Crippen LogP contribution in [0.25, 0.3) is 10.8 Å². The molecule has 2 aromatic rings. The van der Waals surface area contributed by atoms with Gasteiger partial charge in [0.1, 0.15) is 5.75 Å². The first-order valence-corrected chi connectivity index (χ1v) is 7.06. The molecule has 1 aromatic carbocycles. The summed E-state index contributed by atoms with van der Waals surface area (Å²) in [6.45, 7) is 0. The molecule has 100 valence electrons. The number of rotatable bonds is 2. The Labute approximate surface area is 117 Å². The summed E-state index contributed by atoms with van der Waals surface area (Å²) in [5, 5.41) is 2.70. The Balaban J connectivity index is 1.83.